The molecule has 1 fully saturated rings. The van der Waals surface area contributed by atoms with Gasteiger partial charge in [0.25, 0.3) is 5.56 Å². The highest BCUT2D eigenvalue weighted by Gasteiger charge is 2.20. The van der Waals surface area contributed by atoms with Crippen LogP contribution in [0.3, 0.4) is 0 Å². The summed E-state index contributed by atoms with van der Waals surface area (Å²) in [6.07, 6.45) is 0. The van der Waals surface area contributed by atoms with Crippen molar-refractivity contribution >= 4 is 32.5 Å². The van der Waals surface area contributed by atoms with Gasteiger partial charge in [0.2, 0.25) is 0 Å². The Labute approximate surface area is 154 Å². The molecule has 8 heteroatoms. The molecular formula is C18H20N4O3S. The van der Waals surface area contributed by atoms with Crippen LogP contribution in [-0.4, -0.2) is 41.0 Å². The fourth-order valence-corrected chi connectivity index (χ4v) is 4.31. The first-order valence-corrected chi connectivity index (χ1v) is 9.23. The quantitative estimate of drug-likeness (QED) is 0.716. The Kier molecular flexibility index (Phi) is 4.08. The average molecular weight is 372 g/mol. The third kappa shape index (κ3) is 2.62. The van der Waals surface area contributed by atoms with E-state index in [0.717, 1.165) is 23.8 Å². The number of nitrogens with zero attached hydrogens (tertiary/aromatic N) is 3. The molecule has 1 aromatic carbocycles. The number of fused-ring (bicyclic) bond motifs is 1. The molecule has 0 saturated carbocycles. The second-order valence-electron chi connectivity index (χ2n) is 6.40. The van der Waals surface area contributed by atoms with E-state index in [2.05, 4.69) is 9.88 Å². The van der Waals surface area contributed by atoms with Gasteiger partial charge in [0.05, 0.1) is 24.4 Å². The Morgan fingerprint density at radius 1 is 1.27 bits per heavy atom. The summed E-state index contributed by atoms with van der Waals surface area (Å²) in [6, 6.07) is 5.12. The summed E-state index contributed by atoms with van der Waals surface area (Å²) in [5.41, 5.74) is 8.71. The fraction of sp³-hybridized carbons (Fsp3) is 0.333. The highest BCUT2D eigenvalue weighted by atomic mass is 32.1. The molecule has 7 nitrogen and oxygen atoms in total. The fourth-order valence-electron chi connectivity index (χ4n) is 3.28. The molecule has 3 N–H and O–H groups in total. The predicted molar refractivity (Wildman–Crippen MR) is 104 cm³/mol. The Morgan fingerprint density at radius 2 is 2.00 bits per heavy atom. The van der Waals surface area contributed by atoms with E-state index in [0.29, 0.717) is 40.5 Å². The van der Waals surface area contributed by atoms with Gasteiger partial charge >= 0.3 is 0 Å². The SMILES string of the molecule is Cc1ccc(O)c(C)c1-n1c(N)cc2nc(N3CCOCC3)sc2c1=O. The zero-order valence-electron chi connectivity index (χ0n) is 14.7. The number of thiazole rings is 1. The lowest BCUT2D eigenvalue weighted by Gasteiger charge is -2.25. The van der Waals surface area contributed by atoms with E-state index >= 15 is 0 Å². The monoisotopic (exact) mass is 372 g/mol. The number of phenolic OH excluding ortho intramolecular Hbond substituents is 1. The van der Waals surface area contributed by atoms with Crippen LogP contribution in [0.1, 0.15) is 11.1 Å². The third-order valence-electron chi connectivity index (χ3n) is 4.69. The number of benzene rings is 1. The largest absolute Gasteiger partial charge is 0.508 e. The van der Waals surface area contributed by atoms with Crippen molar-refractivity contribution in [1.82, 2.24) is 9.55 Å². The van der Waals surface area contributed by atoms with Gasteiger partial charge in [-0.1, -0.05) is 17.4 Å². The lowest BCUT2D eigenvalue weighted by molar-refractivity contribution is 0.122. The molecule has 1 saturated heterocycles. The number of anilines is 2. The van der Waals surface area contributed by atoms with E-state index < -0.39 is 0 Å². The highest BCUT2D eigenvalue weighted by Crippen LogP contribution is 2.31. The van der Waals surface area contributed by atoms with Crippen molar-refractivity contribution < 1.29 is 9.84 Å². The number of aryl methyl sites for hydroxylation is 1. The number of hydrogen-bond acceptors (Lipinski definition) is 7. The lowest BCUT2D eigenvalue weighted by Crippen LogP contribution is -2.36. The highest BCUT2D eigenvalue weighted by molar-refractivity contribution is 7.22. The van der Waals surface area contributed by atoms with Crippen molar-refractivity contribution in [3.8, 4) is 11.4 Å². The first-order valence-electron chi connectivity index (χ1n) is 8.41. The van der Waals surface area contributed by atoms with Gasteiger partial charge in [-0.05, 0) is 25.5 Å². The first-order chi connectivity index (χ1) is 12.5. The Morgan fingerprint density at radius 3 is 2.73 bits per heavy atom. The number of rotatable bonds is 2. The summed E-state index contributed by atoms with van der Waals surface area (Å²) < 4.78 is 7.40. The van der Waals surface area contributed by atoms with Crippen LogP contribution < -0.4 is 16.2 Å². The molecule has 1 aliphatic heterocycles. The van der Waals surface area contributed by atoms with E-state index in [9.17, 15) is 9.90 Å². The van der Waals surface area contributed by atoms with Crippen molar-refractivity contribution in [3.63, 3.8) is 0 Å². The summed E-state index contributed by atoms with van der Waals surface area (Å²) in [7, 11) is 0. The molecule has 0 radical (unpaired) electrons. The van der Waals surface area contributed by atoms with Crippen LogP contribution in [0.25, 0.3) is 15.9 Å². The minimum Gasteiger partial charge on any atom is -0.508 e. The van der Waals surface area contributed by atoms with Gasteiger partial charge in [-0.2, -0.15) is 0 Å². The van der Waals surface area contributed by atoms with E-state index in [4.69, 9.17) is 10.5 Å². The molecule has 136 valence electrons. The van der Waals surface area contributed by atoms with Gasteiger partial charge in [-0.25, -0.2) is 4.98 Å². The maximum Gasteiger partial charge on any atom is 0.276 e. The smallest absolute Gasteiger partial charge is 0.276 e. The van der Waals surface area contributed by atoms with E-state index in [1.807, 2.05) is 6.92 Å². The molecule has 3 aromatic rings. The van der Waals surface area contributed by atoms with Gasteiger partial charge < -0.3 is 20.5 Å². The molecule has 0 bridgehead atoms. The third-order valence-corrected chi connectivity index (χ3v) is 5.81. The van der Waals surface area contributed by atoms with Crippen LogP contribution in [0.15, 0.2) is 23.0 Å². The van der Waals surface area contributed by atoms with Crippen LogP contribution in [0.5, 0.6) is 5.75 Å². The van der Waals surface area contributed by atoms with Gasteiger partial charge in [0.1, 0.15) is 16.3 Å². The zero-order valence-corrected chi connectivity index (χ0v) is 15.5. The average Bonchev–Trinajstić information content (AvgIpc) is 3.06. The standard InChI is InChI=1S/C18H20N4O3S/c1-10-3-4-13(23)11(2)15(10)22-14(19)9-12-16(17(22)24)26-18(20-12)21-5-7-25-8-6-21/h3-4,9,23H,5-8,19H2,1-2H3. The Hall–Kier alpha value is -2.58. The molecule has 2 aromatic heterocycles. The molecule has 0 unspecified atom stereocenters. The van der Waals surface area contributed by atoms with Crippen molar-refractivity contribution in [3.05, 3.63) is 39.7 Å². The van der Waals surface area contributed by atoms with Crippen LogP contribution >= 0.6 is 11.3 Å². The Balaban J connectivity index is 1.92. The normalized spacial score (nSPS) is 14.9. The van der Waals surface area contributed by atoms with E-state index in [1.54, 1.807) is 25.1 Å². The molecule has 0 aliphatic carbocycles. The van der Waals surface area contributed by atoms with Crippen molar-refractivity contribution in [2.45, 2.75) is 13.8 Å². The molecule has 26 heavy (non-hydrogen) atoms. The topological polar surface area (TPSA) is 93.6 Å². The summed E-state index contributed by atoms with van der Waals surface area (Å²) >= 11 is 1.37. The molecule has 1 aliphatic rings. The molecule has 0 atom stereocenters. The first kappa shape index (κ1) is 16.9. The van der Waals surface area contributed by atoms with Gasteiger partial charge in [-0.15, -0.1) is 0 Å². The maximum absolute atomic E-state index is 13.2. The number of pyridine rings is 1. The maximum atomic E-state index is 13.2. The van der Waals surface area contributed by atoms with E-state index in [-0.39, 0.29) is 11.3 Å². The van der Waals surface area contributed by atoms with Crippen LogP contribution in [0.2, 0.25) is 0 Å². The molecule has 4 rings (SSSR count). The number of ether oxygens (including phenoxy) is 1. The molecule has 0 spiro atoms. The second kappa shape index (κ2) is 6.30. The van der Waals surface area contributed by atoms with Crippen molar-refractivity contribution in [2.24, 2.45) is 0 Å². The van der Waals surface area contributed by atoms with Gasteiger partial charge in [0, 0.05) is 24.7 Å². The van der Waals surface area contributed by atoms with Crippen LogP contribution in [0, 0.1) is 13.8 Å². The minimum atomic E-state index is -0.214. The minimum absolute atomic E-state index is 0.135. The summed E-state index contributed by atoms with van der Waals surface area (Å²) in [5.74, 6) is 0.438. The number of aromatic hydroxyl groups is 1. The second-order valence-corrected chi connectivity index (χ2v) is 7.37. The summed E-state index contributed by atoms with van der Waals surface area (Å²) in [4.78, 5) is 19.9. The Bertz CT molecular complexity index is 1050. The number of nitrogens with two attached hydrogens (primary N) is 1. The van der Waals surface area contributed by atoms with Crippen LogP contribution in [0.4, 0.5) is 10.9 Å². The summed E-state index contributed by atoms with van der Waals surface area (Å²) in [5, 5.41) is 10.9. The number of aromatic nitrogens is 2. The predicted octanol–water partition coefficient (Wildman–Crippen LogP) is 2.19. The van der Waals surface area contributed by atoms with E-state index in [1.165, 1.54) is 15.9 Å². The summed E-state index contributed by atoms with van der Waals surface area (Å²) in [6.45, 7) is 6.50. The van der Waals surface area contributed by atoms with Gasteiger partial charge in [0.15, 0.2) is 5.13 Å². The van der Waals surface area contributed by atoms with Crippen LogP contribution in [-0.2, 0) is 4.74 Å². The number of nitrogen functional groups attached to an aromatic ring is 1. The van der Waals surface area contributed by atoms with Crippen molar-refractivity contribution in [2.75, 3.05) is 36.9 Å². The number of morpholine rings is 1. The zero-order chi connectivity index (χ0) is 18.4. The molecule has 3 heterocycles. The van der Waals surface area contributed by atoms with Gasteiger partial charge in [-0.3, -0.25) is 9.36 Å². The molecule has 0 amide bonds. The lowest BCUT2D eigenvalue weighted by atomic mass is 10.1. The number of phenols is 1. The molecular weight excluding hydrogens is 352 g/mol. The van der Waals surface area contributed by atoms with Crippen molar-refractivity contribution in [1.29, 1.82) is 0 Å². The number of hydrogen-bond donors (Lipinski definition) is 2.